The first-order valence-corrected chi connectivity index (χ1v) is 9.67. The van der Waals surface area contributed by atoms with Crippen LogP contribution >= 0.6 is 23.1 Å². The van der Waals surface area contributed by atoms with Crippen molar-refractivity contribution in [1.29, 1.82) is 0 Å². The normalized spacial score (nSPS) is 10.8. The lowest BCUT2D eigenvalue weighted by Gasteiger charge is -2.14. The van der Waals surface area contributed by atoms with Crippen LogP contribution in [0, 0.1) is 6.92 Å². The van der Waals surface area contributed by atoms with Crippen molar-refractivity contribution in [2.24, 2.45) is 7.05 Å². The maximum absolute atomic E-state index is 12.4. The number of carbonyl (C=O) groups is 1. The van der Waals surface area contributed by atoms with E-state index in [2.05, 4.69) is 25.8 Å². The van der Waals surface area contributed by atoms with Gasteiger partial charge in [0.1, 0.15) is 6.54 Å². The Morgan fingerprint density at radius 1 is 1.44 bits per heavy atom. The molecule has 0 aliphatic rings. The molecule has 0 spiro atoms. The number of carbonyl (C=O) groups excluding carboxylic acids is 1. The number of aromatic nitrogens is 6. The molecule has 0 aliphatic heterocycles. The van der Waals surface area contributed by atoms with Crippen molar-refractivity contribution < 1.29 is 9.53 Å². The monoisotopic (exact) mass is 407 g/mol. The predicted octanol–water partition coefficient (Wildman–Crippen LogP) is 1.08. The fourth-order valence-corrected chi connectivity index (χ4v) is 3.77. The number of hydrogen-bond donors (Lipinski definition) is 1. The van der Waals surface area contributed by atoms with E-state index in [1.807, 2.05) is 12.3 Å². The second-order valence-electron chi connectivity index (χ2n) is 5.54. The molecule has 27 heavy (non-hydrogen) atoms. The van der Waals surface area contributed by atoms with Gasteiger partial charge in [0, 0.05) is 29.9 Å². The van der Waals surface area contributed by atoms with Crippen molar-refractivity contribution in [3.8, 4) is 5.75 Å². The second-order valence-corrected chi connectivity index (χ2v) is 7.34. The zero-order chi connectivity index (χ0) is 19.4. The predicted molar refractivity (Wildman–Crippen MR) is 101 cm³/mol. The summed E-state index contributed by atoms with van der Waals surface area (Å²) < 4.78 is 8.30. The Morgan fingerprint density at radius 2 is 2.26 bits per heavy atom. The first-order chi connectivity index (χ1) is 13.0. The standard InChI is InChI=1S/C15H17N7O3S2/c1-9-7-26-14(16-9)17-13(24)6-22-5-12(25-3)11(23)4-10(22)8-27-15-18-19-20-21(15)2/h4-5,7H,6,8H2,1-3H3,(H,16,17,24). The Kier molecular flexibility index (Phi) is 5.86. The molecule has 0 atom stereocenters. The minimum Gasteiger partial charge on any atom is -0.491 e. The number of nitrogens with one attached hydrogen (secondary N) is 1. The SMILES string of the molecule is COc1cn(CC(=O)Nc2nc(C)cs2)c(CSc2nnnn2C)cc1=O. The molecule has 0 saturated carbocycles. The lowest BCUT2D eigenvalue weighted by atomic mass is 10.3. The average Bonchev–Trinajstić information content (AvgIpc) is 3.22. The number of methoxy groups -OCH3 is 1. The molecule has 3 heterocycles. The van der Waals surface area contributed by atoms with E-state index in [0.29, 0.717) is 21.7 Å². The Bertz CT molecular complexity index is 1010. The zero-order valence-electron chi connectivity index (χ0n) is 14.9. The molecule has 0 unspecified atom stereocenters. The number of hydrogen-bond acceptors (Lipinski definition) is 9. The fraction of sp³-hybridized carbons (Fsp3) is 0.333. The molecule has 0 aromatic carbocycles. The van der Waals surface area contributed by atoms with Crippen LogP contribution in [0.2, 0.25) is 0 Å². The van der Waals surface area contributed by atoms with Crippen LogP contribution in [-0.4, -0.2) is 42.8 Å². The highest BCUT2D eigenvalue weighted by atomic mass is 32.2. The molecule has 0 aliphatic carbocycles. The number of anilines is 1. The van der Waals surface area contributed by atoms with Crippen LogP contribution in [0.25, 0.3) is 0 Å². The molecule has 3 rings (SSSR count). The molecule has 10 nitrogen and oxygen atoms in total. The van der Waals surface area contributed by atoms with Crippen molar-refractivity contribution in [2.75, 3.05) is 12.4 Å². The summed E-state index contributed by atoms with van der Waals surface area (Å²) >= 11 is 2.72. The van der Waals surface area contributed by atoms with Crippen molar-refractivity contribution >= 4 is 34.1 Å². The number of ether oxygens (including phenoxy) is 1. The molecule has 142 valence electrons. The van der Waals surface area contributed by atoms with Gasteiger partial charge >= 0.3 is 0 Å². The number of rotatable bonds is 7. The summed E-state index contributed by atoms with van der Waals surface area (Å²) in [4.78, 5) is 28.7. The van der Waals surface area contributed by atoms with Crippen LogP contribution in [0.3, 0.4) is 0 Å². The van der Waals surface area contributed by atoms with Gasteiger partial charge in [-0.2, -0.15) is 0 Å². The third kappa shape index (κ3) is 4.71. The van der Waals surface area contributed by atoms with E-state index in [9.17, 15) is 9.59 Å². The number of thiazole rings is 1. The summed E-state index contributed by atoms with van der Waals surface area (Å²) in [6, 6.07) is 1.45. The number of pyridine rings is 1. The average molecular weight is 407 g/mol. The Balaban J connectivity index is 1.79. The molecular formula is C15H17N7O3S2. The largest absolute Gasteiger partial charge is 0.491 e. The van der Waals surface area contributed by atoms with Gasteiger partial charge in [0.15, 0.2) is 10.9 Å². The number of nitrogens with zero attached hydrogens (tertiary/aromatic N) is 6. The molecule has 3 aromatic rings. The summed E-state index contributed by atoms with van der Waals surface area (Å²) in [5.74, 6) is 0.334. The molecule has 0 saturated heterocycles. The van der Waals surface area contributed by atoms with Gasteiger partial charge < -0.3 is 14.6 Å². The van der Waals surface area contributed by atoms with Gasteiger partial charge in [-0.05, 0) is 17.4 Å². The number of amides is 1. The van der Waals surface area contributed by atoms with E-state index in [1.54, 1.807) is 11.6 Å². The van der Waals surface area contributed by atoms with Gasteiger partial charge in [-0.1, -0.05) is 11.8 Å². The van der Waals surface area contributed by atoms with Crippen LogP contribution in [0.1, 0.15) is 11.4 Å². The lowest BCUT2D eigenvalue weighted by molar-refractivity contribution is -0.116. The van der Waals surface area contributed by atoms with Crippen molar-refractivity contribution in [3.05, 3.63) is 39.3 Å². The van der Waals surface area contributed by atoms with Gasteiger partial charge in [0.05, 0.1) is 19.0 Å². The zero-order valence-corrected chi connectivity index (χ0v) is 16.5. The molecule has 0 bridgehead atoms. The van der Waals surface area contributed by atoms with E-state index in [4.69, 9.17) is 4.74 Å². The molecular weight excluding hydrogens is 390 g/mol. The number of thioether (sulfide) groups is 1. The van der Waals surface area contributed by atoms with Crippen LogP contribution in [0.4, 0.5) is 5.13 Å². The Morgan fingerprint density at radius 3 is 2.89 bits per heavy atom. The van der Waals surface area contributed by atoms with E-state index in [0.717, 1.165) is 5.69 Å². The van der Waals surface area contributed by atoms with Crippen molar-refractivity contribution in [1.82, 2.24) is 29.8 Å². The first kappa shape index (κ1) is 19.0. The molecule has 12 heteroatoms. The molecule has 1 amide bonds. The van der Waals surface area contributed by atoms with Gasteiger partial charge in [-0.15, -0.1) is 16.4 Å². The molecule has 3 aromatic heterocycles. The minimum absolute atomic E-state index is 0.0161. The van der Waals surface area contributed by atoms with Crippen LogP contribution in [0.5, 0.6) is 5.75 Å². The number of tetrazole rings is 1. The van der Waals surface area contributed by atoms with Crippen LogP contribution in [-0.2, 0) is 24.1 Å². The van der Waals surface area contributed by atoms with Crippen molar-refractivity contribution in [2.45, 2.75) is 24.4 Å². The highest BCUT2D eigenvalue weighted by molar-refractivity contribution is 7.98. The topological polar surface area (TPSA) is 117 Å². The first-order valence-electron chi connectivity index (χ1n) is 7.80. The van der Waals surface area contributed by atoms with E-state index < -0.39 is 0 Å². The fourth-order valence-electron chi connectivity index (χ4n) is 2.23. The molecule has 0 radical (unpaired) electrons. The van der Waals surface area contributed by atoms with E-state index in [1.165, 1.54) is 47.2 Å². The summed E-state index contributed by atoms with van der Waals surface area (Å²) in [7, 11) is 3.14. The third-order valence-electron chi connectivity index (χ3n) is 3.51. The van der Waals surface area contributed by atoms with Gasteiger partial charge in [-0.25, -0.2) is 9.67 Å². The second kappa shape index (κ2) is 8.31. The maximum atomic E-state index is 12.4. The minimum atomic E-state index is -0.253. The Hall–Kier alpha value is -2.73. The molecule has 1 N–H and O–H groups in total. The quantitative estimate of drug-likeness (QED) is 0.578. The Labute approximate surface area is 162 Å². The lowest BCUT2D eigenvalue weighted by Crippen LogP contribution is -2.22. The third-order valence-corrected chi connectivity index (χ3v) is 5.43. The van der Waals surface area contributed by atoms with Gasteiger partial charge in [0.2, 0.25) is 16.5 Å². The van der Waals surface area contributed by atoms with Gasteiger partial charge in [0.25, 0.3) is 0 Å². The maximum Gasteiger partial charge on any atom is 0.246 e. The van der Waals surface area contributed by atoms with Crippen LogP contribution < -0.4 is 15.5 Å². The van der Waals surface area contributed by atoms with Crippen molar-refractivity contribution in [3.63, 3.8) is 0 Å². The summed E-state index contributed by atoms with van der Waals surface area (Å²) in [5.41, 5.74) is 1.24. The van der Waals surface area contributed by atoms with E-state index in [-0.39, 0.29) is 23.6 Å². The summed E-state index contributed by atoms with van der Waals surface area (Å²) in [5, 5.41) is 17.0. The van der Waals surface area contributed by atoms with E-state index >= 15 is 0 Å². The highest BCUT2D eigenvalue weighted by Gasteiger charge is 2.13. The van der Waals surface area contributed by atoms with Gasteiger partial charge in [-0.3, -0.25) is 9.59 Å². The molecule has 0 fully saturated rings. The highest BCUT2D eigenvalue weighted by Crippen LogP contribution is 2.20. The van der Waals surface area contributed by atoms with Crippen LogP contribution in [0.15, 0.2) is 27.6 Å². The number of aryl methyl sites for hydroxylation is 2. The summed E-state index contributed by atoms with van der Waals surface area (Å²) in [6.07, 6.45) is 1.53. The summed E-state index contributed by atoms with van der Waals surface area (Å²) in [6.45, 7) is 1.87. The smallest absolute Gasteiger partial charge is 0.246 e.